The first-order chi connectivity index (χ1) is 14.6. The fraction of sp³-hybridized carbons (Fsp3) is 0.571. The van der Waals surface area contributed by atoms with Gasteiger partial charge in [-0.15, -0.1) is 10.2 Å². The third-order valence-corrected chi connectivity index (χ3v) is 7.85. The molecule has 0 spiro atoms. The minimum Gasteiger partial charge on any atom is -0.355 e. The van der Waals surface area contributed by atoms with E-state index in [1.54, 1.807) is 30.3 Å². The summed E-state index contributed by atoms with van der Waals surface area (Å²) in [5.41, 5.74) is 0. The van der Waals surface area contributed by atoms with Crippen LogP contribution in [0.15, 0.2) is 35.2 Å². The van der Waals surface area contributed by atoms with E-state index in [2.05, 4.69) is 20.1 Å². The van der Waals surface area contributed by atoms with E-state index >= 15 is 0 Å². The third kappa shape index (κ3) is 4.57. The van der Waals surface area contributed by atoms with Crippen molar-refractivity contribution in [3.8, 4) is 0 Å². The van der Waals surface area contributed by atoms with Gasteiger partial charge in [0.25, 0.3) is 0 Å². The highest BCUT2D eigenvalue weighted by atomic mass is 32.2. The summed E-state index contributed by atoms with van der Waals surface area (Å²) in [6.07, 6.45) is 6.49. The van der Waals surface area contributed by atoms with Gasteiger partial charge in [-0.25, -0.2) is 8.42 Å². The lowest BCUT2D eigenvalue weighted by molar-refractivity contribution is -0.126. The minimum absolute atomic E-state index is 0.0847. The molecule has 162 valence electrons. The number of hydrogen-bond donors (Lipinski definition) is 1. The SMILES string of the molecule is O=C(NCCc1nnc2n1CCCCC2)C1CCCN(S(=O)(=O)c2ccccc2)C1. The Kier molecular flexibility index (Phi) is 6.48. The lowest BCUT2D eigenvalue weighted by Gasteiger charge is -2.31. The van der Waals surface area contributed by atoms with Crippen molar-refractivity contribution in [2.45, 2.75) is 56.4 Å². The van der Waals surface area contributed by atoms with E-state index in [0.29, 0.717) is 32.4 Å². The van der Waals surface area contributed by atoms with Crippen LogP contribution in [0.3, 0.4) is 0 Å². The molecule has 30 heavy (non-hydrogen) atoms. The molecule has 1 amide bonds. The van der Waals surface area contributed by atoms with E-state index in [9.17, 15) is 13.2 Å². The molecule has 3 heterocycles. The van der Waals surface area contributed by atoms with Gasteiger partial charge in [-0.1, -0.05) is 24.6 Å². The molecule has 1 aromatic carbocycles. The highest BCUT2D eigenvalue weighted by Gasteiger charge is 2.33. The van der Waals surface area contributed by atoms with E-state index in [1.165, 1.54) is 10.7 Å². The van der Waals surface area contributed by atoms with Crippen molar-refractivity contribution >= 4 is 15.9 Å². The third-order valence-electron chi connectivity index (χ3n) is 5.97. The van der Waals surface area contributed by atoms with Gasteiger partial charge in [0.2, 0.25) is 15.9 Å². The number of benzene rings is 1. The summed E-state index contributed by atoms with van der Waals surface area (Å²) in [7, 11) is -3.57. The van der Waals surface area contributed by atoms with Crippen molar-refractivity contribution in [2.24, 2.45) is 5.92 Å². The highest BCUT2D eigenvalue weighted by molar-refractivity contribution is 7.89. The summed E-state index contributed by atoms with van der Waals surface area (Å²) >= 11 is 0. The molecule has 0 bridgehead atoms. The molecule has 9 heteroatoms. The molecule has 2 aromatic rings. The Balaban J connectivity index is 1.32. The predicted octanol–water partition coefficient (Wildman–Crippen LogP) is 1.76. The number of aryl methyl sites for hydroxylation is 1. The number of rotatable bonds is 6. The first-order valence-corrected chi connectivity index (χ1v) is 12.2. The van der Waals surface area contributed by atoms with Gasteiger partial charge in [0.05, 0.1) is 10.8 Å². The zero-order chi connectivity index (χ0) is 21.0. The second kappa shape index (κ2) is 9.26. The molecule has 1 saturated heterocycles. The van der Waals surface area contributed by atoms with Crippen LogP contribution in [0.4, 0.5) is 0 Å². The zero-order valence-electron chi connectivity index (χ0n) is 17.2. The predicted molar refractivity (Wildman–Crippen MR) is 112 cm³/mol. The van der Waals surface area contributed by atoms with E-state index < -0.39 is 10.0 Å². The Hall–Kier alpha value is -2.26. The first-order valence-electron chi connectivity index (χ1n) is 10.8. The standard InChI is InChI=1S/C21H29N5O3S/c27-21(22-13-12-20-24-23-19-11-5-2-6-15-26(19)20)17-8-7-14-25(16-17)30(28,29)18-9-3-1-4-10-18/h1,3-4,9-10,17H,2,5-8,11-16H2,(H,22,27). The quantitative estimate of drug-likeness (QED) is 0.752. The van der Waals surface area contributed by atoms with Crippen LogP contribution in [-0.2, 0) is 34.2 Å². The Morgan fingerprint density at radius 1 is 1.07 bits per heavy atom. The Labute approximate surface area is 177 Å². The zero-order valence-corrected chi connectivity index (χ0v) is 18.0. The monoisotopic (exact) mass is 431 g/mol. The highest BCUT2D eigenvalue weighted by Crippen LogP contribution is 2.24. The van der Waals surface area contributed by atoms with Gasteiger partial charge in [0, 0.05) is 39.0 Å². The smallest absolute Gasteiger partial charge is 0.243 e. The Morgan fingerprint density at radius 3 is 2.73 bits per heavy atom. The number of fused-ring (bicyclic) bond motifs is 1. The van der Waals surface area contributed by atoms with Crippen molar-refractivity contribution in [2.75, 3.05) is 19.6 Å². The van der Waals surface area contributed by atoms with Gasteiger partial charge in [-0.3, -0.25) is 4.79 Å². The summed E-state index contributed by atoms with van der Waals surface area (Å²) in [5.74, 6) is 1.55. The van der Waals surface area contributed by atoms with Crippen LogP contribution >= 0.6 is 0 Å². The van der Waals surface area contributed by atoms with E-state index in [4.69, 9.17) is 0 Å². The maximum Gasteiger partial charge on any atom is 0.243 e. The second-order valence-corrected chi connectivity index (χ2v) is 9.99. The lowest BCUT2D eigenvalue weighted by atomic mass is 9.99. The normalized spacial score (nSPS) is 20.3. The topological polar surface area (TPSA) is 97.2 Å². The number of sulfonamides is 1. The molecule has 1 fully saturated rings. The van der Waals surface area contributed by atoms with Gasteiger partial charge in [-0.2, -0.15) is 4.31 Å². The second-order valence-electron chi connectivity index (χ2n) is 8.05. The summed E-state index contributed by atoms with van der Waals surface area (Å²) in [5, 5.41) is 11.6. The molecule has 0 saturated carbocycles. The van der Waals surface area contributed by atoms with Crippen molar-refractivity contribution in [1.29, 1.82) is 0 Å². The van der Waals surface area contributed by atoms with Crippen LogP contribution in [-0.4, -0.2) is 53.0 Å². The molecule has 2 aliphatic rings. The molecule has 4 rings (SSSR count). The van der Waals surface area contributed by atoms with Crippen molar-refractivity contribution in [3.63, 3.8) is 0 Å². The van der Waals surface area contributed by atoms with Crippen LogP contribution in [0.1, 0.15) is 43.8 Å². The van der Waals surface area contributed by atoms with Crippen LogP contribution < -0.4 is 5.32 Å². The lowest BCUT2D eigenvalue weighted by Crippen LogP contribution is -2.45. The number of nitrogens with zero attached hydrogens (tertiary/aromatic N) is 4. The Bertz CT molecular complexity index is 974. The van der Waals surface area contributed by atoms with Crippen molar-refractivity contribution in [1.82, 2.24) is 24.4 Å². The fourth-order valence-electron chi connectivity index (χ4n) is 4.29. The molecule has 8 nitrogen and oxygen atoms in total. The molecule has 1 aromatic heterocycles. The van der Waals surface area contributed by atoms with Crippen LogP contribution in [0.2, 0.25) is 0 Å². The molecule has 1 atom stereocenters. The molecule has 0 radical (unpaired) electrons. The van der Waals surface area contributed by atoms with Gasteiger partial charge < -0.3 is 9.88 Å². The van der Waals surface area contributed by atoms with Crippen LogP contribution in [0.25, 0.3) is 0 Å². The van der Waals surface area contributed by atoms with Crippen molar-refractivity contribution in [3.05, 3.63) is 42.0 Å². The number of carbonyl (C=O) groups excluding carboxylic acids is 1. The first kappa shape index (κ1) is 21.0. The van der Waals surface area contributed by atoms with Gasteiger partial charge >= 0.3 is 0 Å². The van der Waals surface area contributed by atoms with Crippen molar-refractivity contribution < 1.29 is 13.2 Å². The summed E-state index contributed by atoms with van der Waals surface area (Å²) in [6, 6.07) is 8.42. The number of hydrogen-bond acceptors (Lipinski definition) is 5. The van der Waals surface area contributed by atoms with E-state index in [-0.39, 0.29) is 23.3 Å². The average molecular weight is 432 g/mol. The molecular weight excluding hydrogens is 402 g/mol. The maximum atomic E-state index is 12.9. The number of piperidine rings is 1. The molecule has 0 aliphatic carbocycles. The molecule has 1 unspecified atom stereocenters. The Morgan fingerprint density at radius 2 is 1.90 bits per heavy atom. The van der Waals surface area contributed by atoms with Gasteiger partial charge in [-0.05, 0) is 37.8 Å². The van der Waals surface area contributed by atoms with E-state index in [0.717, 1.165) is 37.5 Å². The fourth-order valence-corrected chi connectivity index (χ4v) is 5.83. The van der Waals surface area contributed by atoms with Crippen LogP contribution in [0, 0.1) is 5.92 Å². The number of amides is 1. The maximum absolute atomic E-state index is 12.9. The largest absolute Gasteiger partial charge is 0.355 e. The average Bonchev–Trinajstić information content (AvgIpc) is 3.00. The molecule has 2 aliphatic heterocycles. The summed E-state index contributed by atoms with van der Waals surface area (Å²) in [4.78, 5) is 13.0. The minimum atomic E-state index is -3.57. The summed E-state index contributed by atoms with van der Waals surface area (Å²) < 4.78 is 29.4. The number of nitrogens with one attached hydrogen (secondary N) is 1. The molecular formula is C21H29N5O3S. The molecule has 1 N–H and O–H groups in total. The summed E-state index contributed by atoms with van der Waals surface area (Å²) in [6.45, 7) is 2.11. The van der Waals surface area contributed by atoms with Gasteiger partial charge in [0.15, 0.2) is 0 Å². The van der Waals surface area contributed by atoms with Gasteiger partial charge in [0.1, 0.15) is 11.6 Å². The van der Waals surface area contributed by atoms with E-state index in [1.807, 2.05) is 0 Å². The number of aromatic nitrogens is 3. The number of carbonyl (C=O) groups is 1. The van der Waals surface area contributed by atoms with Crippen LogP contribution in [0.5, 0.6) is 0 Å².